The molecule has 0 saturated heterocycles. The number of hydrogen-bond acceptors (Lipinski definition) is 3. The number of allylic oxidation sites excluding steroid dienone is 1. The number of carbonyl (C=O) groups excluding carboxylic acids is 1. The van der Waals surface area contributed by atoms with Crippen molar-refractivity contribution < 1.29 is 9.53 Å². The minimum atomic E-state index is -0.384. The molecule has 24 heavy (non-hydrogen) atoms. The molecule has 0 aliphatic heterocycles. The first-order chi connectivity index (χ1) is 11.4. The van der Waals surface area contributed by atoms with Crippen LogP contribution in [-0.2, 0) is 11.3 Å². The highest BCUT2D eigenvalue weighted by Gasteiger charge is 2.23. The van der Waals surface area contributed by atoms with Crippen molar-refractivity contribution in [2.75, 3.05) is 7.11 Å². The highest BCUT2D eigenvalue weighted by atomic mass is 16.5. The van der Waals surface area contributed by atoms with Crippen molar-refractivity contribution >= 4 is 16.7 Å². The molecule has 0 N–H and O–H groups in total. The van der Waals surface area contributed by atoms with Gasteiger partial charge in [-0.25, -0.2) is 0 Å². The van der Waals surface area contributed by atoms with Crippen LogP contribution in [0.25, 0.3) is 10.9 Å². The van der Waals surface area contributed by atoms with Crippen molar-refractivity contribution in [2.24, 2.45) is 5.41 Å². The Hall–Kier alpha value is -2.10. The lowest BCUT2D eigenvalue weighted by Crippen LogP contribution is -2.25. The van der Waals surface area contributed by atoms with Gasteiger partial charge >= 0.3 is 0 Å². The summed E-state index contributed by atoms with van der Waals surface area (Å²) < 4.78 is 7.14. The zero-order chi connectivity index (χ0) is 17.3. The maximum atomic E-state index is 12.5. The fraction of sp³-hybridized carbons (Fsp3) is 0.500. The first kappa shape index (κ1) is 16.7. The van der Waals surface area contributed by atoms with E-state index in [1.807, 2.05) is 39.0 Å². The fourth-order valence-electron chi connectivity index (χ4n) is 2.96. The Labute approximate surface area is 143 Å². The molecule has 0 bridgehead atoms. The maximum absolute atomic E-state index is 12.5. The molecular weight excluding hydrogens is 300 g/mol. The first-order valence-electron chi connectivity index (χ1n) is 8.58. The molecule has 0 unspecified atom stereocenters. The molecule has 4 heteroatoms. The Morgan fingerprint density at radius 3 is 2.62 bits per heavy atom. The van der Waals surface area contributed by atoms with Crippen LogP contribution in [0.2, 0.25) is 0 Å². The van der Waals surface area contributed by atoms with Crippen molar-refractivity contribution in [2.45, 2.75) is 53.0 Å². The van der Waals surface area contributed by atoms with Crippen molar-refractivity contribution in [1.29, 1.82) is 0 Å². The molecular formula is C20H25N2O2. The Bertz CT molecular complexity index is 786. The molecule has 0 spiro atoms. The predicted octanol–water partition coefficient (Wildman–Crippen LogP) is 4.31. The third-order valence-corrected chi connectivity index (χ3v) is 4.59. The van der Waals surface area contributed by atoms with E-state index in [4.69, 9.17) is 9.84 Å². The molecule has 1 aromatic heterocycles. The van der Waals surface area contributed by atoms with Gasteiger partial charge in [-0.15, -0.1) is 0 Å². The molecule has 0 atom stereocenters. The van der Waals surface area contributed by atoms with Crippen LogP contribution < -0.4 is 4.74 Å². The number of carbonyl (C=O) groups is 1. The highest BCUT2D eigenvalue weighted by molar-refractivity contribution is 5.88. The van der Waals surface area contributed by atoms with E-state index >= 15 is 0 Å². The minimum absolute atomic E-state index is 0.162. The summed E-state index contributed by atoms with van der Waals surface area (Å²) in [7, 11) is 1.65. The third kappa shape index (κ3) is 3.37. The van der Waals surface area contributed by atoms with E-state index in [1.54, 1.807) is 11.8 Å². The Balaban J connectivity index is 2.06. The number of benzene rings is 1. The Morgan fingerprint density at radius 2 is 2.00 bits per heavy atom. The number of ketones is 1. The van der Waals surface area contributed by atoms with Gasteiger partial charge in [0.25, 0.3) is 0 Å². The van der Waals surface area contributed by atoms with Crippen LogP contribution in [0.5, 0.6) is 5.75 Å². The zero-order valence-corrected chi connectivity index (χ0v) is 15.0. The van der Waals surface area contributed by atoms with E-state index in [9.17, 15) is 4.79 Å². The van der Waals surface area contributed by atoms with E-state index < -0.39 is 0 Å². The van der Waals surface area contributed by atoms with Crippen LogP contribution in [-0.4, -0.2) is 22.7 Å². The second-order valence-corrected chi connectivity index (χ2v) is 7.50. The van der Waals surface area contributed by atoms with Gasteiger partial charge in [0.2, 0.25) is 0 Å². The standard InChI is InChI=1S/C20H25N2O2/c1-20(2,3)19(23)13-22-18-12-15(24-4)9-10-16(18)17(21-22)11-14-7-5-6-8-14/h9-10,12H,5-8,13H2,1-4H3. The molecule has 4 nitrogen and oxygen atoms in total. The third-order valence-electron chi connectivity index (χ3n) is 4.59. The number of aromatic nitrogens is 2. The van der Waals surface area contributed by atoms with Crippen LogP contribution >= 0.6 is 0 Å². The van der Waals surface area contributed by atoms with Crippen molar-refractivity contribution in [1.82, 2.24) is 9.78 Å². The van der Waals surface area contributed by atoms with E-state index in [0.29, 0.717) is 0 Å². The first-order valence-corrected chi connectivity index (χ1v) is 8.58. The molecule has 3 rings (SSSR count). The summed E-state index contributed by atoms with van der Waals surface area (Å²) in [6.07, 6.45) is 8.16. The van der Waals surface area contributed by atoms with Gasteiger partial charge in [0, 0.05) is 22.9 Å². The minimum Gasteiger partial charge on any atom is -0.497 e. The van der Waals surface area contributed by atoms with Gasteiger partial charge in [-0.1, -0.05) is 26.3 Å². The molecule has 127 valence electrons. The summed E-state index contributed by atoms with van der Waals surface area (Å²) in [5, 5.41) is 5.71. The maximum Gasteiger partial charge on any atom is 0.159 e. The van der Waals surface area contributed by atoms with Gasteiger partial charge in [0.15, 0.2) is 5.78 Å². The summed E-state index contributed by atoms with van der Waals surface area (Å²) in [6, 6.07) is 5.89. The fourth-order valence-corrected chi connectivity index (χ4v) is 2.96. The van der Waals surface area contributed by atoms with E-state index in [1.165, 1.54) is 18.4 Å². The van der Waals surface area contributed by atoms with Crippen molar-refractivity contribution in [3.05, 3.63) is 35.5 Å². The van der Waals surface area contributed by atoms with E-state index in [2.05, 4.69) is 6.08 Å². The molecule has 0 amide bonds. The monoisotopic (exact) mass is 325 g/mol. The van der Waals surface area contributed by atoms with Crippen LogP contribution in [0, 0.1) is 11.5 Å². The predicted molar refractivity (Wildman–Crippen MR) is 95.1 cm³/mol. The molecule has 1 aliphatic rings. The summed E-state index contributed by atoms with van der Waals surface area (Å²) in [6.45, 7) is 6.09. The molecule has 1 heterocycles. The lowest BCUT2D eigenvalue weighted by Gasteiger charge is -2.16. The molecule has 2 aromatic rings. The second kappa shape index (κ2) is 6.42. The van der Waals surface area contributed by atoms with Crippen molar-refractivity contribution in [3.63, 3.8) is 0 Å². The summed E-state index contributed by atoms with van der Waals surface area (Å²) >= 11 is 0. The quantitative estimate of drug-likeness (QED) is 0.841. The lowest BCUT2D eigenvalue weighted by molar-refractivity contribution is -0.127. The van der Waals surface area contributed by atoms with Crippen molar-refractivity contribution in [3.8, 4) is 5.75 Å². The number of fused-ring (bicyclic) bond motifs is 1. The lowest BCUT2D eigenvalue weighted by atomic mass is 9.91. The normalized spacial score (nSPS) is 15.1. The van der Waals surface area contributed by atoms with Crippen LogP contribution in [0.15, 0.2) is 23.8 Å². The summed E-state index contributed by atoms with van der Waals surface area (Å²) in [5.74, 6) is 0.932. The van der Waals surface area contributed by atoms with Crippen LogP contribution in [0.4, 0.5) is 0 Å². The SMILES string of the molecule is COc1ccc2c([C]=C3CCCC3)nn(CC(=O)C(C)(C)C)c2c1. The van der Waals surface area contributed by atoms with Gasteiger partial charge in [-0.05, 0) is 37.8 Å². The van der Waals surface area contributed by atoms with Gasteiger partial charge in [0.05, 0.1) is 12.6 Å². The topological polar surface area (TPSA) is 44.1 Å². The van der Waals surface area contributed by atoms with E-state index in [-0.39, 0.29) is 17.7 Å². The van der Waals surface area contributed by atoms with Gasteiger partial charge in [-0.3, -0.25) is 9.48 Å². The average Bonchev–Trinajstić information content (AvgIpc) is 3.15. The summed E-state index contributed by atoms with van der Waals surface area (Å²) in [5.41, 5.74) is 2.71. The Kier molecular flexibility index (Phi) is 4.48. The molecule has 1 aromatic carbocycles. The molecule has 1 aliphatic carbocycles. The number of Topliss-reactive ketones (excluding diaryl/α,β-unsaturated/α-hetero) is 1. The van der Waals surface area contributed by atoms with Crippen LogP contribution in [0.1, 0.15) is 52.1 Å². The zero-order valence-electron chi connectivity index (χ0n) is 15.0. The average molecular weight is 325 g/mol. The van der Waals surface area contributed by atoms with Gasteiger partial charge in [-0.2, -0.15) is 5.10 Å². The Morgan fingerprint density at radius 1 is 1.29 bits per heavy atom. The van der Waals surface area contributed by atoms with Crippen LogP contribution in [0.3, 0.4) is 0 Å². The number of ether oxygens (including phenoxy) is 1. The number of rotatable bonds is 4. The van der Waals surface area contributed by atoms with Gasteiger partial charge in [0.1, 0.15) is 18.0 Å². The summed E-state index contributed by atoms with van der Waals surface area (Å²) in [4.78, 5) is 12.5. The van der Waals surface area contributed by atoms with E-state index in [0.717, 1.165) is 35.2 Å². The highest BCUT2D eigenvalue weighted by Crippen LogP contribution is 2.29. The van der Waals surface area contributed by atoms with Gasteiger partial charge < -0.3 is 4.74 Å². The number of methoxy groups -OCH3 is 1. The number of hydrogen-bond donors (Lipinski definition) is 0. The molecule has 1 radical (unpaired) electrons. The number of nitrogens with zero attached hydrogens (tertiary/aromatic N) is 2. The largest absolute Gasteiger partial charge is 0.497 e. The second-order valence-electron chi connectivity index (χ2n) is 7.50. The molecule has 1 fully saturated rings. The molecule has 1 saturated carbocycles. The smallest absolute Gasteiger partial charge is 0.159 e.